The fourth-order valence-electron chi connectivity index (χ4n) is 6.10. The van der Waals surface area contributed by atoms with E-state index >= 15 is 0 Å². The first-order chi connectivity index (χ1) is 21.6. The van der Waals surface area contributed by atoms with Crippen molar-refractivity contribution in [1.29, 1.82) is 0 Å². The molecule has 0 unspecified atom stereocenters. The number of hydrogen-bond acceptors (Lipinski definition) is 0. The van der Waals surface area contributed by atoms with E-state index in [0.29, 0.717) is 0 Å². The van der Waals surface area contributed by atoms with Gasteiger partial charge in [-0.05, 0) is 32.7 Å². The smallest absolute Gasteiger partial charge is 1.00 e. The summed E-state index contributed by atoms with van der Waals surface area (Å²) < 4.78 is 1.51. The second-order valence-corrected chi connectivity index (χ2v) is 13.8. The Hall–Kier alpha value is -3.61. The minimum Gasteiger partial charge on any atom is -1.00 e. The second-order valence-electron chi connectivity index (χ2n) is 11.3. The van der Waals surface area contributed by atoms with Crippen molar-refractivity contribution < 1.29 is 49.0 Å². The average molecular weight is 715 g/mol. The normalized spacial score (nSPS) is 15.3. The van der Waals surface area contributed by atoms with Crippen molar-refractivity contribution >= 4 is 35.9 Å². The zero-order chi connectivity index (χ0) is 30.3. The minimum absolute atomic E-state index is 0. The molecule has 0 aliphatic heterocycles. The maximum Gasteiger partial charge on any atom is -1.00 e. The molecule has 0 radical (unpaired) electrons. The molecule has 0 saturated heterocycles. The summed E-state index contributed by atoms with van der Waals surface area (Å²) in [6, 6.07) is 30.3. The molecule has 4 aromatic rings. The molecular weight excluding hydrogens is 679 g/mol. The van der Waals surface area contributed by atoms with E-state index in [9.17, 15) is 0 Å². The van der Waals surface area contributed by atoms with E-state index in [4.69, 9.17) is 0 Å². The Labute approximate surface area is 301 Å². The molecule has 4 aromatic carbocycles. The molecule has 0 saturated carbocycles. The predicted octanol–water partition coefficient (Wildman–Crippen LogP) is 5.26. The summed E-state index contributed by atoms with van der Waals surface area (Å²) in [5, 5.41) is 5.24. The molecule has 0 heterocycles. The second kappa shape index (κ2) is 16.8. The molecule has 0 N–H and O–H groups in total. The van der Waals surface area contributed by atoms with Gasteiger partial charge in [0.1, 0.15) is 0 Å². The van der Waals surface area contributed by atoms with Gasteiger partial charge in [-0.25, -0.2) is 0 Å². The van der Waals surface area contributed by atoms with Gasteiger partial charge in [0.2, 0.25) is 0 Å². The summed E-state index contributed by atoms with van der Waals surface area (Å²) in [4.78, 5) is 0. The predicted molar refractivity (Wildman–Crippen MR) is 189 cm³/mol. The van der Waals surface area contributed by atoms with Crippen molar-refractivity contribution in [3.05, 3.63) is 192 Å². The van der Waals surface area contributed by atoms with Crippen molar-refractivity contribution in [2.24, 2.45) is 0 Å². The summed E-state index contributed by atoms with van der Waals surface area (Å²) in [6.45, 7) is 4.25. The summed E-state index contributed by atoms with van der Waals surface area (Å²) in [7, 11) is 0. The fourth-order valence-corrected chi connectivity index (χ4v) is 6.10. The molecule has 228 valence electrons. The minimum atomic E-state index is 0. The van der Waals surface area contributed by atoms with Gasteiger partial charge >= 0.3 is 41.3 Å². The zero-order valence-corrected chi connectivity index (χ0v) is 30.2. The largest absolute Gasteiger partial charge is 1.00 e. The topological polar surface area (TPSA) is 0 Å². The van der Waals surface area contributed by atoms with E-state index in [1.165, 1.54) is 69.3 Å². The SMILES string of the molecule is C1=CC=C(c2cccc3ccccc23)C2=CC[CH-]C2=C1.C1=CC=C(c2cccc3ccccc23)C2=CC[CH-]C2=C1.C[C](C)=[Zr+2].[Cl-].[Cl-]. The van der Waals surface area contributed by atoms with Crippen molar-refractivity contribution in [1.82, 2.24) is 0 Å². The standard InChI is InChI=1S/2C20H15.C3H6.2ClH.Zr/c2*1-3-11-17-15(7-1)10-6-14-20(17)19-12-4-2-8-16-9-5-13-18(16)19;1-3-2;;;/h2*1-4,6-14H,5H2;1-2H3;2*1H;/q2*-1;;;;+2/p-2. The monoisotopic (exact) mass is 712 g/mol. The number of hydrogen-bond donors (Lipinski definition) is 0. The van der Waals surface area contributed by atoms with Gasteiger partial charge in [0.15, 0.2) is 0 Å². The van der Waals surface area contributed by atoms with Gasteiger partial charge in [0, 0.05) is 0 Å². The van der Waals surface area contributed by atoms with Gasteiger partial charge in [-0.2, -0.15) is 36.1 Å². The van der Waals surface area contributed by atoms with E-state index in [-0.39, 0.29) is 24.8 Å². The van der Waals surface area contributed by atoms with Gasteiger partial charge < -0.3 is 24.8 Å². The quantitative estimate of drug-likeness (QED) is 0.249. The van der Waals surface area contributed by atoms with Crippen LogP contribution in [0.2, 0.25) is 0 Å². The van der Waals surface area contributed by atoms with Crippen LogP contribution in [0.3, 0.4) is 0 Å². The Morgan fingerprint density at radius 3 is 1.30 bits per heavy atom. The molecule has 4 aliphatic carbocycles. The molecular formula is C43H36Cl2Zr-2. The summed E-state index contributed by atoms with van der Waals surface area (Å²) in [6.07, 6.45) is 28.7. The average Bonchev–Trinajstić information content (AvgIpc) is 3.61. The first-order valence-corrected chi connectivity index (χ1v) is 16.6. The molecule has 0 aromatic heterocycles. The first-order valence-electron chi connectivity index (χ1n) is 15.3. The molecule has 8 rings (SSSR count). The Morgan fingerprint density at radius 1 is 0.500 bits per heavy atom. The van der Waals surface area contributed by atoms with Crippen LogP contribution in [-0.4, -0.2) is 3.21 Å². The van der Waals surface area contributed by atoms with E-state index in [1.54, 1.807) is 24.2 Å². The third kappa shape index (κ3) is 8.02. The van der Waals surface area contributed by atoms with Crippen LogP contribution in [0.25, 0.3) is 32.7 Å². The number of benzene rings is 4. The van der Waals surface area contributed by atoms with Crippen molar-refractivity contribution in [2.75, 3.05) is 0 Å². The first kappa shape index (κ1) is 35.3. The van der Waals surface area contributed by atoms with Crippen LogP contribution in [0.4, 0.5) is 0 Å². The number of rotatable bonds is 2. The van der Waals surface area contributed by atoms with E-state index in [1.807, 2.05) is 0 Å². The Morgan fingerprint density at radius 2 is 0.870 bits per heavy atom. The molecule has 0 atom stereocenters. The van der Waals surface area contributed by atoms with Gasteiger partial charge in [0.25, 0.3) is 0 Å². The van der Waals surface area contributed by atoms with Crippen LogP contribution in [-0.2, 0) is 24.2 Å². The fraction of sp³-hybridized carbons (Fsp3) is 0.0930. The van der Waals surface area contributed by atoms with Crippen LogP contribution in [0, 0.1) is 12.8 Å². The van der Waals surface area contributed by atoms with Gasteiger partial charge in [0.05, 0.1) is 0 Å². The van der Waals surface area contributed by atoms with Gasteiger partial charge in [-0.1, -0.05) is 133 Å². The van der Waals surface area contributed by atoms with Crippen LogP contribution < -0.4 is 24.8 Å². The Kier molecular flexibility index (Phi) is 12.9. The van der Waals surface area contributed by atoms with Crippen LogP contribution in [0.5, 0.6) is 0 Å². The van der Waals surface area contributed by atoms with Crippen molar-refractivity contribution in [2.45, 2.75) is 26.7 Å². The van der Waals surface area contributed by atoms with Crippen molar-refractivity contribution in [3.8, 4) is 0 Å². The van der Waals surface area contributed by atoms with E-state index in [0.717, 1.165) is 12.8 Å². The Bertz CT molecular complexity index is 1840. The van der Waals surface area contributed by atoms with E-state index < -0.39 is 0 Å². The molecule has 4 aliphatic rings. The molecule has 0 fully saturated rings. The maximum absolute atomic E-state index is 2.33. The third-order valence-corrected chi connectivity index (χ3v) is 7.98. The molecule has 46 heavy (non-hydrogen) atoms. The summed E-state index contributed by atoms with van der Waals surface area (Å²) in [5.74, 6) is 0. The third-order valence-electron chi connectivity index (χ3n) is 7.98. The molecule has 0 spiro atoms. The van der Waals surface area contributed by atoms with Gasteiger partial charge in [-0.15, -0.1) is 35.5 Å². The number of halogens is 2. The van der Waals surface area contributed by atoms with Crippen LogP contribution >= 0.6 is 0 Å². The maximum atomic E-state index is 2.33. The number of fused-ring (bicyclic) bond motifs is 4. The molecule has 0 bridgehead atoms. The Balaban J connectivity index is 0.000000180. The molecule has 0 nitrogen and oxygen atoms in total. The zero-order valence-electron chi connectivity index (χ0n) is 26.2. The summed E-state index contributed by atoms with van der Waals surface area (Å²) >= 11 is 1.55. The van der Waals surface area contributed by atoms with Crippen molar-refractivity contribution in [3.63, 3.8) is 0 Å². The summed E-state index contributed by atoms with van der Waals surface area (Å²) in [5.41, 5.74) is 10.7. The van der Waals surface area contributed by atoms with Crippen LogP contribution in [0.1, 0.15) is 37.8 Å². The van der Waals surface area contributed by atoms with E-state index in [2.05, 4.69) is 172 Å². The number of allylic oxidation sites excluding steroid dienone is 16. The van der Waals surface area contributed by atoms with Crippen LogP contribution in [0.15, 0.2) is 168 Å². The molecule has 3 heteroatoms. The molecule has 0 amide bonds. The van der Waals surface area contributed by atoms with Gasteiger partial charge in [-0.3, -0.25) is 0 Å².